The minimum absolute atomic E-state index is 0.0465. The largest absolute Gasteiger partial charge is 0.481 e. The Morgan fingerprint density at radius 3 is 2.01 bits per heavy atom. The molecule has 0 aromatic carbocycles. The molecule has 0 spiro atoms. The monoisotopic (exact) mass is 1170 g/mol. The molecule has 82 heavy (non-hydrogen) atoms. The van der Waals surface area contributed by atoms with E-state index < -0.39 is 151 Å². The number of unbranched alkanes of at least 4 members (excludes halogenated alkanes) is 7. The number of esters is 1. The van der Waals surface area contributed by atoms with Crippen molar-refractivity contribution in [2.45, 2.75) is 269 Å². The Bertz CT molecular complexity index is 2250. The summed E-state index contributed by atoms with van der Waals surface area (Å²) in [6.45, 7) is 12.7. The Balaban J connectivity index is 1.06. The Labute approximate surface area is 483 Å². The standard InChI is InChI=1S/C61H99NO20/c1-33-50(80-53-49(75)47(73)38(66)31-77-53)46(72)35(29-63)52(78-33)81-51-48(74)45(62-43(69)16-14-12-10-8-9-11-13-15-17-44(70)71)39(30-64)79-54(51)82-55(76)61-25-24-56(2,3)27-37(61)36-18-19-40-57(4)22-21-41(67)58(5,32-65)34(26-57)20-23-59(40,6)60(36,7)28-42(61)68/h18,32-35,37-42,45-54,63-64,66-68,72-75H,8-17,19-31H2,1-7H3,(H,62,69)(H,70,71)/t33?,34?,35?,37?,38-,39?,40?,41+,42?,45+,46?,47?,48?,49?,50+,51?,52+,53+,54+,57?,58?,59?,60?,61-/m1/s1. The second-order valence-corrected chi connectivity index (χ2v) is 27.9. The molecule has 468 valence electrons. The SMILES string of the molecule is CC1O[C@@H](OC2C(O)[C@@H](NC(=O)CCCCCCCCCCC(=O)O)C(CO)O[C@H]2OC(=O)[C@]23CCC(C)(C)CC2C2=CCC4C5(C)CC[C@H](O)C(C)(C=O)C(CCC4(C)C2(C)CC3O)C5)C(CO)C(O)[C@H]1O[C@@H]1OC[C@@H](O)C(O)C1O. The van der Waals surface area contributed by atoms with Crippen LogP contribution in [0.25, 0.3) is 0 Å². The summed E-state index contributed by atoms with van der Waals surface area (Å²) in [6.07, 6.45) is -4.94. The van der Waals surface area contributed by atoms with Gasteiger partial charge in [0, 0.05) is 12.8 Å². The zero-order valence-electron chi connectivity index (χ0n) is 49.4. The van der Waals surface area contributed by atoms with Crippen LogP contribution < -0.4 is 5.32 Å². The molecular formula is C61H99NO20. The number of ether oxygens (including phenoxy) is 6. The van der Waals surface area contributed by atoms with E-state index in [4.69, 9.17) is 33.5 Å². The van der Waals surface area contributed by atoms with E-state index in [1.54, 1.807) is 0 Å². The molecule has 21 heteroatoms. The van der Waals surface area contributed by atoms with Crippen LogP contribution in [0.15, 0.2) is 11.6 Å². The van der Waals surface area contributed by atoms with Crippen LogP contribution in [-0.2, 0) is 47.6 Å². The molecule has 8 rings (SSSR count). The molecule has 16 unspecified atom stereocenters. The van der Waals surface area contributed by atoms with E-state index in [-0.39, 0.29) is 60.4 Å². The van der Waals surface area contributed by atoms with Crippen molar-refractivity contribution in [2.24, 2.45) is 56.2 Å². The van der Waals surface area contributed by atoms with Crippen LogP contribution in [-0.4, -0.2) is 187 Å². The number of aliphatic hydroxyl groups is 9. The highest BCUT2D eigenvalue weighted by Gasteiger charge is 2.71. The lowest BCUT2D eigenvalue weighted by molar-refractivity contribution is -0.365. The minimum Gasteiger partial charge on any atom is -0.481 e. The van der Waals surface area contributed by atoms with Gasteiger partial charge in [0.2, 0.25) is 12.2 Å². The zero-order valence-corrected chi connectivity index (χ0v) is 49.4. The van der Waals surface area contributed by atoms with Crippen molar-refractivity contribution in [3.63, 3.8) is 0 Å². The predicted molar refractivity (Wildman–Crippen MR) is 293 cm³/mol. The van der Waals surface area contributed by atoms with Crippen LogP contribution in [0, 0.1) is 56.2 Å². The molecular weight excluding hydrogens is 1070 g/mol. The Morgan fingerprint density at radius 2 is 1.37 bits per heavy atom. The third kappa shape index (κ3) is 12.4. The van der Waals surface area contributed by atoms with E-state index in [2.05, 4.69) is 46.0 Å². The Kier molecular flexibility index (Phi) is 20.6. The second-order valence-electron chi connectivity index (χ2n) is 27.9. The quantitative estimate of drug-likeness (QED) is 0.0338. The molecule has 1 amide bonds. The average molecular weight is 1170 g/mol. The van der Waals surface area contributed by atoms with Crippen molar-refractivity contribution in [2.75, 3.05) is 19.8 Å². The molecule has 3 heterocycles. The number of carboxylic acid groups (broad SMARTS) is 1. The molecule has 0 radical (unpaired) electrons. The maximum absolute atomic E-state index is 15.8. The fraction of sp³-hybridized carbons (Fsp3) is 0.902. The summed E-state index contributed by atoms with van der Waals surface area (Å²) in [4.78, 5) is 53.2. The first kappa shape index (κ1) is 65.2. The number of nitrogens with one attached hydrogen (secondary N) is 1. The van der Waals surface area contributed by atoms with E-state index in [1.165, 1.54) is 6.92 Å². The van der Waals surface area contributed by atoms with E-state index in [9.17, 15) is 60.3 Å². The van der Waals surface area contributed by atoms with Crippen molar-refractivity contribution in [1.82, 2.24) is 5.32 Å². The fourth-order valence-electron chi connectivity index (χ4n) is 16.8. The van der Waals surface area contributed by atoms with Crippen molar-refractivity contribution >= 4 is 24.1 Å². The van der Waals surface area contributed by atoms with Crippen molar-refractivity contribution in [3.8, 4) is 0 Å². The molecule has 4 saturated carbocycles. The van der Waals surface area contributed by atoms with Gasteiger partial charge in [-0.15, -0.1) is 0 Å². The van der Waals surface area contributed by atoms with Gasteiger partial charge < -0.3 is 89.6 Å². The van der Waals surface area contributed by atoms with Gasteiger partial charge in [-0.1, -0.05) is 91.7 Å². The molecule has 0 aromatic heterocycles. The lowest BCUT2D eigenvalue weighted by Crippen LogP contribution is -2.68. The molecule has 21 nitrogen and oxygen atoms in total. The summed E-state index contributed by atoms with van der Waals surface area (Å²) in [5.74, 6) is -3.84. The number of carbonyl (C=O) groups is 4. The number of fused-ring (bicyclic) bond motifs is 8. The fourth-order valence-corrected chi connectivity index (χ4v) is 16.8. The molecule has 2 bridgehead atoms. The molecule has 0 aromatic rings. The summed E-state index contributed by atoms with van der Waals surface area (Å²) >= 11 is 0. The summed E-state index contributed by atoms with van der Waals surface area (Å²) in [7, 11) is 0. The molecule has 8 aliphatic rings. The first-order chi connectivity index (χ1) is 38.6. The zero-order chi connectivity index (χ0) is 59.9. The molecule has 5 aliphatic carbocycles. The van der Waals surface area contributed by atoms with Gasteiger partial charge in [-0.25, -0.2) is 0 Å². The van der Waals surface area contributed by atoms with Crippen molar-refractivity contribution in [1.29, 1.82) is 0 Å². The van der Waals surface area contributed by atoms with Crippen LogP contribution >= 0.6 is 0 Å². The third-order valence-electron chi connectivity index (χ3n) is 22.3. The number of rotatable bonds is 21. The molecule has 7 fully saturated rings. The highest BCUT2D eigenvalue weighted by atomic mass is 16.8. The number of aliphatic hydroxyl groups excluding tert-OH is 9. The highest BCUT2D eigenvalue weighted by molar-refractivity contribution is 5.80. The summed E-state index contributed by atoms with van der Waals surface area (Å²) in [6, 6.07) is -1.34. The molecule has 11 N–H and O–H groups in total. The number of amides is 1. The van der Waals surface area contributed by atoms with Gasteiger partial charge >= 0.3 is 11.9 Å². The van der Waals surface area contributed by atoms with Gasteiger partial charge in [0.05, 0.1) is 61.6 Å². The molecule has 3 saturated heterocycles. The van der Waals surface area contributed by atoms with Crippen molar-refractivity contribution in [3.05, 3.63) is 11.6 Å². The normalized spacial score (nSPS) is 46.3. The van der Waals surface area contributed by atoms with Crippen LogP contribution in [0.1, 0.15) is 177 Å². The van der Waals surface area contributed by atoms with Gasteiger partial charge in [-0.2, -0.15) is 0 Å². The van der Waals surface area contributed by atoms with Gasteiger partial charge in [-0.05, 0) is 123 Å². The number of hydrogen-bond donors (Lipinski definition) is 11. The molecule has 24 atom stereocenters. The van der Waals surface area contributed by atoms with Crippen molar-refractivity contribution < 1.29 is 98.7 Å². The number of carbonyl (C=O) groups excluding carboxylic acids is 3. The topological polar surface area (TPSA) is 338 Å². The first-order valence-electron chi connectivity index (χ1n) is 30.8. The van der Waals surface area contributed by atoms with Crippen LogP contribution in [0.4, 0.5) is 0 Å². The Hall–Kier alpha value is -2.74. The van der Waals surface area contributed by atoms with Gasteiger partial charge in [0.25, 0.3) is 0 Å². The number of aldehydes is 1. The third-order valence-corrected chi connectivity index (χ3v) is 22.3. The number of carboxylic acids is 1. The van der Waals surface area contributed by atoms with Gasteiger partial charge in [0.15, 0.2) is 18.7 Å². The predicted octanol–water partition coefficient (Wildman–Crippen LogP) is 3.70. The first-order valence-corrected chi connectivity index (χ1v) is 30.8. The molecule has 3 aliphatic heterocycles. The highest BCUT2D eigenvalue weighted by Crippen LogP contribution is 2.74. The number of allylic oxidation sites excluding steroid dienone is 2. The summed E-state index contributed by atoms with van der Waals surface area (Å²) < 4.78 is 37.1. The average Bonchev–Trinajstić information content (AvgIpc) is 1.46. The van der Waals surface area contributed by atoms with Crippen LogP contribution in [0.5, 0.6) is 0 Å². The lowest BCUT2D eigenvalue weighted by atomic mass is 9.38. The smallest absolute Gasteiger partial charge is 0.317 e. The van der Waals surface area contributed by atoms with E-state index >= 15 is 4.79 Å². The minimum atomic E-state index is -1.82. The van der Waals surface area contributed by atoms with E-state index in [1.807, 2.05) is 6.92 Å². The van der Waals surface area contributed by atoms with E-state index in [0.29, 0.717) is 44.9 Å². The maximum Gasteiger partial charge on any atom is 0.317 e. The lowest BCUT2D eigenvalue weighted by Gasteiger charge is -2.66. The van der Waals surface area contributed by atoms with E-state index in [0.717, 1.165) is 69.6 Å². The second kappa shape index (κ2) is 25.9. The van der Waals surface area contributed by atoms with Crippen LogP contribution in [0.2, 0.25) is 0 Å². The number of hydrogen-bond acceptors (Lipinski definition) is 19. The van der Waals surface area contributed by atoms with Gasteiger partial charge in [-0.3, -0.25) is 14.4 Å². The summed E-state index contributed by atoms with van der Waals surface area (Å²) in [5, 5.41) is 113. The number of aliphatic carboxylic acids is 1. The van der Waals surface area contributed by atoms with Gasteiger partial charge in [0.1, 0.15) is 48.3 Å². The maximum atomic E-state index is 15.8. The Morgan fingerprint density at radius 1 is 0.707 bits per heavy atom. The van der Waals surface area contributed by atoms with Crippen LogP contribution in [0.3, 0.4) is 0 Å². The summed E-state index contributed by atoms with van der Waals surface area (Å²) in [5.41, 5.74) is -2.83.